The van der Waals surface area contributed by atoms with E-state index < -0.39 is 0 Å². The topological polar surface area (TPSA) is 50.9 Å². The molecule has 0 aliphatic heterocycles. The molecule has 2 aromatic carbocycles. The van der Waals surface area contributed by atoms with E-state index >= 15 is 0 Å². The standard InChI is InChI=1S/C16H14ClN3/c17-14-8-4-7-12-10-13(16(20-18)19-15(12)14)9-11-5-2-1-3-6-11/h1-8,10H,9,18H2,(H,19,20). The highest BCUT2D eigenvalue weighted by Gasteiger charge is 2.08. The third kappa shape index (κ3) is 2.46. The predicted octanol–water partition coefficient (Wildman–Crippen LogP) is 3.76. The number of anilines is 1. The molecule has 0 radical (unpaired) electrons. The summed E-state index contributed by atoms with van der Waals surface area (Å²) in [6.45, 7) is 0. The van der Waals surface area contributed by atoms with Gasteiger partial charge in [-0.05, 0) is 17.7 Å². The van der Waals surface area contributed by atoms with Crippen LogP contribution in [0.25, 0.3) is 10.9 Å². The molecule has 0 saturated heterocycles. The molecule has 0 bridgehead atoms. The van der Waals surface area contributed by atoms with Crippen molar-refractivity contribution < 1.29 is 0 Å². The minimum Gasteiger partial charge on any atom is -0.308 e. The van der Waals surface area contributed by atoms with Crippen LogP contribution in [0.2, 0.25) is 5.02 Å². The van der Waals surface area contributed by atoms with Crippen molar-refractivity contribution in [2.24, 2.45) is 5.84 Å². The number of fused-ring (bicyclic) bond motifs is 1. The van der Waals surface area contributed by atoms with E-state index in [1.807, 2.05) is 36.4 Å². The van der Waals surface area contributed by atoms with Crippen LogP contribution in [0.3, 0.4) is 0 Å². The van der Waals surface area contributed by atoms with Crippen molar-refractivity contribution in [3.63, 3.8) is 0 Å². The minimum atomic E-state index is 0.630. The number of nitrogens with two attached hydrogens (primary N) is 1. The van der Waals surface area contributed by atoms with Crippen molar-refractivity contribution in [3.8, 4) is 0 Å². The molecule has 0 fully saturated rings. The smallest absolute Gasteiger partial charge is 0.144 e. The lowest BCUT2D eigenvalue weighted by molar-refractivity contribution is 1.14. The number of hydrazine groups is 1. The van der Waals surface area contributed by atoms with Gasteiger partial charge in [0.15, 0.2) is 0 Å². The molecule has 4 heteroatoms. The molecule has 0 unspecified atom stereocenters. The summed E-state index contributed by atoms with van der Waals surface area (Å²) in [5.41, 5.74) is 5.69. The summed E-state index contributed by atoms with van der Waals surface area (Å²) in [7, 11) is 0. The van der Waals surface area contributed by atoms with Crippen LogP contribution in [0, 0.1) is 0 Å². The number of hydrogen-bond acceptors (Lipinski definition) is 3. The van der Waals surface area contributed by atoms with Crippen LogP contribution in [-0.2, 0) is 6.42 Å². The summed E-state index contributed by atoms with van der Waals surface area (Å²) in [5, 5.41) is 1.65. The van der Waals surface area contributed by atoms with E-state index in [1.54, 1.807) is 0 Å². The summed E-state index contributed by atoms with van der Waals surface area (Å²) in [5.74, 6) is 6.25. The summed E-state index contributed by atoms with van der Waals surface area (Å²) in [4.78, 5) is 4.52. The Morgan fingerprint density at radius 3 is 2.60 bits per heavy atom. The fourth-order valence-electron chi connectivity index (χ4n) is 2.28. The Labute approximate surface area is 122 Å². The van der Waals surface area contributed by atoms with Gasteiger partial charge in [-0.1, -0.05) is 54.1 Å². The van der Waals surface area contributed by atoms with E-state index in [0.29, 0.717) is 10.8 Å². The molecule has 100 valence electrons. The Kier molecular flexibility index (Phi) is 3.54. The van der Waals surface area contributed by atoms with Gasteiger partial charge < -0.3 is 5.43 Å². The molecule has 20 heavy (non-hydrogen) atoms. The molecule has 3 nitrogen and oxygen atoms in total. The van der Waals surface area contributed by atoms with E-state index in [1.165, 1.54) is 5.56 Å². The molecule has 0 atom stereocenters. The zero-order valence-electron chi connectivity index (χ0n) is 10.8. The first kappa shape index (κ1) is 12.9. The van der Waals surface area contributed by atoms with Crippen molar-refractivity contribution in [2.45, 2.75) is 6.42 Å². The first-order chi connectivity index (χ1) is 9.78. The largest absolute Gasteiger partial charge is 0.308 e. The second-order valence-corrected chi connectivity index (χ2v) is 5.02. The predicted molar refractivity (Wildman–Crippen MR) is 83.8 cm³/mol. The third-order valence-corrected chi connectivity index (χ3v) is 3.55. The highest BCUT2D eigenvalue weighted by Crippen LogP contribution is 2.27. The molecule has 3 aromatic rings. The van der Waals surface area contributed by atoms with Gasteiger partial charge >= 0.3 is 0 Å². The zero-order chi connectivity index (χ0) is 13.9. The maximum atomic E-state index is 6.17. The van der Waals surface area contributed by atoms with Gasteiger partial charge in [0.1, 0.15) is 5.82 Å². The summed E-state index contributed by atoms with van der Waals surface area (Å²) >= 11 is 6.17. The van der Waals surface area contributed by atoms with E-state index in [2.05, 4.69) is 28.6 Å². The third-order valence-electron chi connectivity index (χ3n) is 3.25. The van der Waals surface area contributed by atoms with Gasteiger partial charge in [0.2, 0.25) is 0 Å². The van der Waals surface area contributed by atoms with Crippen molar-refractivity contribution in [2.75, 3.05) is 5.43 Å². The van der Waals surface area contributed by atoms with Crippen LogP contribution in [-0.4, -0.2) is 4.98 Å². The van der Waals surface area contributed by atoms with Crippen molar-refractivity contribution in [3.05, 3.63) is 70.7 Å². The van der Waals surface area contributed by atoms with Crippen molar-refractivity contribution in [1.29, 1.82) is 0 Å². The first-order valence-corrected chi connectivity index (χ1v) is 6.74. The number of pyridine rings is 1. The van der Waals surface area contributed by atoms with Crippen LogP contribution in [0.5, 0.6) is 0 Å². The van der Waals surface area contributed by atoms with Crippen LogP contribution in [0.4, 0.5) is 5.82 Å². The number of hydrogen-bond donors (Lipinski definition) is 2. The lowest BCUT2D eigenvalue weighted by atomic mass is 10.0. The molecule has 1 aromatic heterocycles. The number of para-hydroxylation sites is 1. The lowest BCUT2D eigenvalue weighted by Gasteiger charge is -2.11. The fraction of sp³-hybridized carbons (Fsp3) is 0.0625. The van der Waals surface area contributed by atoms with Crippen LogP contribution < -0.4 is 11.3 Å². The van der Waals surface area contributed by atoms with Gasteiger partial charge in [0.05, 0.1) is 10.5 Å². The monoisotopic (exact) mass is 283 g/mol. The van der Waals surface area contributed by atoms with E-state index in [0.717, 1.165) is 22.9 Å². The highest BCUT2D eigenvalue weighted by atomic mass is 35.5. The second kappa shape index (κ2) is 5.49. The summed E-state index contributed by atoms with van der Waals surface area (Å²) in [6, 6.07) is 18.1. The van der Waals surface area contributed by atoms with Crippen molar-refractivity contribution >= 4 is 28.3 Å². The number of nitrogens with zero attached hydrogens (tertiary/aromatic N) is 1. The molecular weight excluding hydrogens is 270 g/mol. The van der Waals surface area contributed by atoms with Gasteiger partial charge in [-0.25, -0.2) is 10.8 Å². The maximum absolute atomic E-state index is 6.17. The average molecular weight is 284 g/mol. The number of benzene rings is 2. The van der Waals surface area contributed by atoms with Crippen molar-refractivity contribution in [1.82, 2.24) is 4.98 Å². The quantitative estimate of drug-likeness (QED) is 0.568. The number of halogens is 1. The second-order valence-electron chi connectivity index (χ2n) is 4.61. The van der Waals surface area contributed by atoms with Gasteiger partial charge in [-0.15, -0.1) is 0 Å². The van der Waals surface area contributed by atoms with Gasteiger partial charge in [-0.3, -0.25) is 0 Å². The minimum absolute atomic E-state index is 0.630. The Bertz CT molecular complexity index is 741. The zero-order valence-corrected chi connectivity index (χ0v) is 11.6. The average Bonchev–Trinajstić information content (AvgIpc) is 2.48. The lowest BCUT2D eigenvalue weighted by Crippen LogP contribution is -2.11. The summed E-state index contributed by atoms with van der Waals surface area (Å²) < 4.78 is 0. The molecule has 0 amide bonds. The van der Waals surface area contributed by atoms with E-state index in [4.69, 9.17) is 17.4 Å². The molecule has 0 saturated carbocycles. The molecule has 0 aliphatic rings. The number of nitrogens with one attached hydrogen (secondary N) is 1. The first-order valence-electron chi connectivity index (χ1n) is 6.36. The Balaban J connectivity index is 2.10. The fourth-order valence-corrected chi connectivity index (χ4v) is 2.51. The van der Waals surface area contributed by atoms with E-state index in [-0.39, 0.29) is 0 Å². The Hall–Kier alpha value is -2.10. The molecule has 0 spiro atoms. The van der Waals surface area contributed by atoms with Gasteiger partial charge in [-0.2, -0.15) is 0 Å². The Morgan fingerprint density at radius 2 is 1.85 bits per heavy atom. The molecule has 3 rings (SSSR count). The SMILES string of the molecule is NNc1nc2c(Cl)cccc2cc1Cc1ccccc1. The summed E-state index contributed by atoms with van der Waals surface area (Å²) in [6.07, 6.45) is 0.774. The van der Waals surface area contributed by atoms with Crippen LogP contribution >= 0.6 is 11.6 Å². The van der Waals surface area contributed by atoms with Crippen LogP contribution in [0.15, 0.2) is 54.6 Å². The van der Waals surface area contributed by atoms with E-state index in [9.17, 15) is 0 Å². The maximum Gasteiger partial charge on any atom is 0.144 e. The number of nitrogen functional groups attached to an aromatic ring is 1. The normalized spacial score (nSPS) is 10.7. The molecule has 3 N–H and O–H groups in total. The Morgan fingerprint density at radius 1 is 1.05 bits per heavy atom. The van der Waals surface area contributed by atoms with Gasteiger partial charge in [0.25, 0.3) is 0 Å². The van der Waals surface area contributed by atoms with Gasteiger partial charge in [0, 0.05) is 17.4 Å². The molecular formula is C16H14ClN3. The number of rotatable bonds is 3. The molecule has 0 aliphatic carbocycles. The van der Waals surface area contributed by atoms with Crippen LogP contribution in [0.1, 0.15) is 11.1 Å². The molecule has 1 heterocycles. The highest BCUT2D eigenvalue weighted by molar-refractivity contribution is 6.35. The number of aromatic nitrogens is 1.